The number of nitrogens with zero attached hydrogens (tertiary/aromatic N) is 3. The van der Waals surface area contributed by atoms with Crippen LogP contribution in [0.1, 0.15) is 16.8 Å². The van der Waals surface area contributed by atoms with Crippen LogP contribution < -0.4 is 10.3 Å². The van der Waals surface area contributed by atoms with E-state index in [0.29, 0.717) is 46.8 Å². The van der Waals surface area contributed by atoms with E-state index >= 15 is 0 Å². The summed E-state index contributed by atoms with van der Waals surface area (Å²) in [7, 11) is 1.53. The molecule has 0 aliphatic carbocycles. The molecule has 0 unspecified atom stereocenters. The number of halogens is 2. The van der Waals surface area contributed by atoms with Gasteiger partial charge in [0.2, 0.25) is 5.88 Å². The van der Waals surface area contributed by atoms with Gasteiger partial charge in [-0.15, -0.1) is 0 Å². The summed E-state index contributed by atoms with van der Waals surface area (Å²) in [6.07, 6.45) is 2.45. The number of benzene rings is 1. The van der Waals surface area contributed by atoms with E-state index in [0.717, 1.165) is 23.4 Å². The van der Waals surface area contributed by atoms with Crippen LogP contribution in [-0.2, 0) is 19.5 Å². The zero-order valence-electron chi connectivity index (χ0n) is 15.2. The second-order valence-electron chi connectivity index (χ2n) is 6.64. The first kappa shape index (κ1) is 18.9. The molecule has 0 atom stereocenters. The summed E-state index contributed by atoms with van der Waals surface area (Å²) >= 11 is 12.1. The van der Waals surface area contributed by atoms with E-state index in [-0.39, 0.29) is 5.56 Å². The quantitative estimate of drug-likeness (QED) is 0.701. The van der Waals surface area contributed by atoms with E-state index in [9.17, 15) is 4.79 Å². The second kappa shape index (κ2) is 7.91. The summed E-state index contributed by atoms with van der Waals surface area (Å²) in [5, 5.41) is 1.12. The van der Waals surface area contributed by atoms with E-state index < -0.39 is 0 Å². The zero-order chi connectivity index (χ0) is 19.7. The number of hydrogen-bond acceptors (Lipinski definition) is 5. The molecule has 0 amide bonds. The van der Waals surface area contributed by atoms with Crippen molar-refractivity contribution in [3.63, 3.8) is 0 Å². The zero-order valence-corrected chi connectivity index (χ0v) is 16.7. The van der Waals surface area contributed by atoms with E-state index in [2.05, 4.69) is 19.9 Å². The molecule has 1 aliphatic heterocycles. The molecule has 0 fully saturated rings. The molecule has 0 saturated carbocycles. The molecular formula is C20H18Cl2N4O2. The summed E-state index contributed by atoms with van der Waals surface area (Å²) in [6, 6.07) is 9.11. The fourth-order valence-corrected chi connectivity index (χ4v) is 3.71. The van der Waals surface area contributed by atoms with Crippen molar-refractivity contribution in [1.82, 2.24) is 19.9 Å². The highest BCUT2D eigenvalue weighted by Gasteiger charge is 2.22. The summed E-state index contributed by atoms with van der Waals surface area (Å²) in [4.78, 5) is 26.6. The Kier molecular flexibility index (Phi) is 5.35. The van der Waals surface area contributed by atoms with Crippen LogP contribution in [0.4, 0.5) is 0 Å². The third-order valence-corrected chi connectivity index (χ3v) is 5.25. The van der Waals surface area contributed by atoms with E-state index in [1.165, 1.54) is 7.11 Å². The number of rotatable bonds is 4. The third kappa shape index (κ3) is 3.90. The van der Waals surface area contributed by atoms with Crippen molar-refractivity contribution in [3.05, 3.63) is 73.7 Å². The largest absolute Gasteiger partial charge is 0.480 e. The van der Waals surface area contributed by atoms with E-state index in [4.69, 9.17) is 27.9 Å². The smallest absolute Gasteiger partial charge is 0.255 e. The number of methoxy groups -OCH3 is 1. The van der Waals surface area contributed by atoms with Gasteiger partial charge < -0.3 is 9.72 Å². The highest BCUT2D eigenvalue weighted by atomic mass is 35.5. The maximum absolute atomic E-state index is 12.7. The Balaban J connectivity index is 1.55. The van der Waals surface area contributed by atoms with Gasteiger partial charge in [-0.1, -0.05) is 23.2 Å². The van der Waals surface area contributed by atoms with Crippen LogP contribution in [0.3, 0.4) is 0 Å². The van der Waals surface area contributed by atoms with Crippen LogP contribution in [0.2, 0.25) is 10.0 Å². The molecule has 1 aromatic carbocycles. The minimum Gasteiger partial charge on any atom is -0.480 e. The first-order chi connectivity index (χ1) is 13.5. The lowest BCUT2D eigenvalue weighted by Crippen LogP contribution is -2.35. The Hall–Kier alpha value is -2.41. The minimum absolute atomic E-state index is 0.106. The number of fused-ring (bicyclic) bond motifs is 1. The van der Waals surface area contributed by atoms with Crippen molar-refractivity contribution < 1.29 is 4.74 Å². The number of pyridine rings is 1. The van der Waals surface area contributed by atoms with Crippen LogP contribution >= 0.6 is 23.2 Å². The lowest BCUT2D eigenvalue weighted by molar-refractivity contribution is 0.241. The molecule has 0 bridgehead atoms. The van der Waals surface area contributed by atoms with Crippen LogP contribution in [0.15, 0.2) is 41.3 Å². The average molecular weight is 417 g/mol. The predicted molar refractivity (Wildman–Crippen MR) is 109 cm³/mol. The van der Waals surface area contributed by atoms with Gasteiger partial charge in [-0.25, -0.2) is 9.97 Å². The number of ether oxygens (including phenoxy) is 1. The Bertz CT molecular complexity index is 1070. The van der Waals surface area contributed by atoms with Gasteiger partial charge in [0.25, 0.3) is 5.56 Å². The summed E-state index contributed by atoms with van der Waals surface area (Å²) in [6.45, 7) is 1.98. The van der Waals surface area contributed by atoms with Gasteiger partial charge in [-0.3, -0.25) is 9.69 Å². The van der Waals surface area contributed by atoms with Gasteiger partial charge in [-0.05, 0) is 35.9 Å². The van der Waals surface area contributed by atoms with Crippen molar-refractivity contribution in [2.24, 2.45) is 0 Å². The Morgan fingerprint density at radius 1 is 1.25 bits per heavy atom. The van der Waals surface area contributed by atoms with Crippen molar-refractivity contribution >= 4 is 23.2 Å². The molecular weight excluding hydrogens is 399 g/mol. The number of H-pyrrole nitrogens is 1. The van der Waals surface area contributed by atoms with Gasteiger partial charge >= 0.3 is 0 Å². The number of aromatic amines is 1. The summed E-state index contributed by atoms with van der Waals surface area (Å²) < 4.78 is 5.09. The van der Waals surface area contributed by atoms with Crippen LogP contribution in [0, 0.1) is 0 Å². The van der Waals surface area contributed by atoms with E-state index in [1.54, 1.807) is 18.3 Å². The lowest BCUT2D eigenvalue weighted by atomic mass is 10.1. The van der Waals surface area contributed by atoms with Crippen molar-refractivity contribution in [2.45, 2.75) is 19.5 Å². The minimum atomic E-state index is -0.106. The number of aromatic nitrogens is 3. The van der Waals surface area contributed by atoms with Crippen molar-refractivity contribution in [1.29, 1.82) is 0 Å². The van der Waals surface area contributed by atoms with Crippen LogP contribution in [0.25, 0.3) is 11.4 Å². The Morgan fingerprint density at radius 3 is 2.75 bits per heavy atom. The molecule has 144 valence electrons. The third-order valence-electron chi connectivity index (χ3n) is 4.73. The van der Waals surface area contributed by atoms with Gasteiger partial charge in [-0.2, -0.15) is 0 Å². The molecule has 4 rings (SSSR count). The topological polar surface area (TPSA) is 71.1 Å². The molecule has 8 heteroatoms. The lowest BCUT2D eigenvalue weighted by Gasteiger charge is -2.27. The molecule has 0 spiro atoms. The van der Waals surface area contributed by atoms with Gasteiger partial charge in [0.15, 0.2) is 0 Å². The maximum Gasteiger partial charge on any atom is 0.255 e. The highest BCUT2D eigenvalue weighted by molar-refractivity contribution is 6.31. The van der Waals surface area contributed by atoms with Crippen molar-refractivity contribution in [2.75, 3.05) is 13.7 Å². The maximum atomic E-state index is 12.7. The number of hydrogen-bond donors (Lipinski definition) is 1. The van der Waals surface area contributed by atoms with Crippen molar-refractivity contribution in [3.8, 4) is 17.3 Å². The second-order valence-corrected chi connectivity index (χ2v) is 7.49. The highest BCUT2D eigenvalue weighted by Crippen LogP contribution is 2.24. The molecule has 3 aromatic rings. The first-order valence-corrected chi connectivity index (χ1v) is 9.58. The monoisotopic (exact) mass is 416 g/mol. The molecule has 3 heterocycles. The number of nitrogens with one attached hydrogen (secondary N) is 1. The van der Waals surface area contributed by atoms with Gasteiger partial charge in [0, 0.05) is 42.8 Å². The normalized spacial score (nSPS) is 14.0. The Morgan fingerprint density at radius 2 is 2.04 bits per heavy atom. The van der Waals surface area contributed by atoms with Crippen LogP contribution in [0.5, 0.6) is 5.88 Å². The van der Waals surface area contributed by atoms with Gasteiger partial charge in [0.1, 0.15) is 10.8 Å². The summed E-state index contributed by atoms with van der Waals surface area (Å²) in [5.74, 6) is 0.977. The molecule has 0 saturated heterocycles. The first-order valence-electron chi connectivity index (χ1n) is 8.82. The van der Waals surface area contributed by atoms with Gasteiger partial charge in [0.05, 0.1) is 18.4 Å². The van der Waals surface area contributed by atoms with E-state index in [1.807, 2.05) is 18.2 Å². The molecule has 1 aliphatic rings. The Labute approximate surface area is 172 Å². The molecule has 1 N–H and O–H groups in total. The SMILES string of the molecule is COc1ncc(CN2CCc3nc(-c4ccc(Cl)cc4)[nH]c(=O)c3C2)cc1Cl. The predicted octanol–water partition coefficient (Wildman–Crippen LogP) is 3.71. The van der Waals surface area contributed by atoms with Crippen LogP contribution in [-0.4, -0.2) is 33.5 Å². The summed E-state index contributed by atoms with van der Waals surface area (Å²) in [5.41, 5.74) is 3.25. The standard InChI is InChI=1S/C20H18Cl2N4O2/c1-28-20-16(22)8-12(9-23-20)10-26-7-6-17-15(11-26)19(27)25-18(24-17)13-2-4-14(21)5-3-13/h2-5,8-9H,6-7,10-11H2,1H3,(H,24,25,27). The molecule has 6 nitrogen and oxygen atoms in total. The molecule has 28 heavy (non-hydrogen) atoms. The fourth-order valence-electron chi connectivity index (χ4n) is 3.32. The average Bonchev–Trinajstić information content (AvgIpc) is 2.69. The molecule has 0 radical (unpaired) electrons. The fraction of sp³-hybridized carbons (Fsp3) is 0.250. The molecule has 2 aromatic heterocycles.